The van der Waals surface area contributed by atoms with E-state index in [1.165, 1.54) is 22.6 Å². The zero-order valence-electron chi connectivity index (χ0n) is 18.2. The summed E-state index contributed by atoms with van der Waals surface area (Å²) < 4.78 is 13.9. The van der Waals surface area contributed by atoms with Gasteiger partial charge in [0.25, 0.3) is 0 Å². The molecule has 1 heterocycles. The molecule has 1 atom stereocenters. The highest BCUT2D eigenvalue weighted by Crippen LogP contribution is 2.17. The SMILES string of the molecule is O=CN(CC(O)CN1CCN(CC(=O)NCCc2ccccc2)CC1)c1ccccc1F. The van der Waals surface area contributed by atoms with Crippen molar-refractivity contribution in [1.29, 1.82) is 0 Å². The van der Waals surface area contributed by atoms with Crippen LogP contribution in [0.25, 0.3) is 0 Å². The number of β-amino-alcohol motifs (C(OH)–C–C–N with tert-alkyl or cyclic N) is 1. The number of carbonyl (C=O) groups excluding carboxylic acids is 2. The molecule has 172 valence electrons. The molecule has 1 saturated heterocycles. The van der Waals surface area contributed by atoms with Crippen molar-refractivity contribution in [2.75, 3.05) is 57.3 Å². The Bertz CT molecular complexity index is 859. The molecule has 0 saturated carbocycles. The Labute approximate surface area is 188 Å². The van der Waals surface area contributed by atoms with Crippen LogP contribution < -0.4 is 10.2 Å². The maximum absolute atomic E-state index is 13.9. The summed E-state index contributed by atoms with van der Waals surface area (Å²) in [6.07, 6.45) is 0.548. The zero-order valence-corrected chi connectivity index (χ0v) is 18.2. The number of aliphatic hydroxyl groups excluding tert-OH is 1. The second-order valence-corrected chi connectivity index (χ2v) is 8.03. The molecule has 0 aliphatic carbocycles. The predicted octanol–water partition coefficient (Wildman–Crippen LogP) is 1.13. The van der Waals surface area contributed by atoms with Gasteiger partial charge in [-0.1, -0.05) is 42.5 Å². The molecular formula is C24H31FN4O3. The summed E-state index contributed by atoms with van der Waals surface area (Å²) in [5.41, 5.74) is 1.35. The van der Waals surface area contributed by atoms with Crippen LogP contribution in [-0.2, 0) is 16.0 Å². The minimum absolute atomic E-state index is 0.0147. The van der Waals surface area contributed by atoms with E-state index in [-0.39, 0.29) is 18.1 Å². The number of amides is 2. The molecule has 32 heavy (non-hydrogen) atoms. The van der Waals surface area contributed by atoms with Crippen LogP contribution in [0.4, 0.5) is 10.1 Å². The number of carbonyl (C=O) groups is 2. The first-order valence-corrected chi connectivity index (χ1v) is 10.9. The van der Waals surface area contributed by atoms with Gasteiger partial charge in [0.2, 0.25) is 12.3 Å². The molecule has 1 aliphatic heterocycles. The number of aliphatic hydroxyl groups is 1. The van der Waals surface area contributed by atoms with E-state index < -0.39 is 11.9 Å². The van der Waals surface area contributed by atoms with Gasteiger partial charge in [-0.3, -0.25) is 19.4 Å². The number of nitrogens with one attached hydrogen (secondary N) is 1. The number of hydrogen-bond donors (Lipinski definition) is 2. The summed E-state index contributed by atoms with van der Waals surface area (Å²) in [4.78, 5) is 29.0. The Balaban J connectivity index is 1.34. The maximum atomic E-state index is 13.9. The van der Waals surface area contributed by atoms with Crippen molar-refractivity contribution in [3.63, 3.8) is 0 Å². The molecule has 2 amide bonds. The highest BCUT2D eigenvalue weighted by atomic mass is 19.1. The van der Waals surface area contributed by atoms with Gasteiger partial charge in [-0.2, -0.15) is 0 Å². The van der Waals surface area contributed by atoms with Crippen molar-refractivity contribution in [1.82, 2.24) is 15.1 Å². The molecule has 0 radical (unpaired) electrons. The first-order valence-electron chi connectivity index (χ1n) is 10.9. The molecule has 2 aromatic carbocycles. The monoisotopic (exact) mass is 442 g/mol. The van der Waals surface area contributed by atoms with E-state index in [1.807, 2.05) is 30.3 Å². The largest absolute Gasteiger partial charge is 0.390 e. The molecule has 3 rings (SSSR count). The lowest BCUT2D eigenvalue weighted by Gasteiger charge is -2.35. The van der Waals surface area contributed by atoms with Crippen molar-refractivity contribution in [3.8, 4) is 0 Å². The van der Waals surface area contributed by atoms with Gasteiger partial charge in [0.15, 0.2) is 0 Å². The minimum atomic E-state index is -0.798. The van der Waals surface area contributed by atoms with E-state index >= 15 is 0 Å². The van der Waals surface area contributed by atoms with E-state index in [9.17, 15) is 19.1 Å². The van der Waals surface area contributed by atoms with Gasteiger partial charge in [0.05, 0.1) is 24.9 Å². The second kappa shape index (κ2) is 12.3. The first-order chi connectivity index (χ1) is 15.5. The zero-order chi connectivity index (χ0) is 22.8. The van der Waals surface area contributed by atoms with Gasteiger partial charge >= 0.3 is 0 Å². The van der Waals surface area contributed by atoms with Crippen molar-refractivity contribution in [3.05, 3.63) is 66.0 Å². The van der Waals surface area contributed by atoms with Gasteiger partial charge < -0.3 is 15.3 Å². The third-order valence-electron chi connectivity index (χ3n) is 5.58. The molecule has 2 aromatic rings. The lowest BCUT2D eigenvalue weighted by atomic mass is 10.1. The number of piperazine rings is 1. The van der Waals surface area contributed by atoms with Gasteiger partial charge in [0, 0.05) is 39.3 Å². The molecule has 0 bridgehead atoms. The van der Waals surface area contributed by atoms with Gasteiger partial charge in [-0.25, -0.2) is 4.39 Å². The molecule has 7 nitrogen and oxygen atoms in total. The number of halogens is 1. The standard InChI is InChI=1S/C24H31FN4O3/c25-22-8-4-5-9-23(22)29(19-30)17-21(31)16-27-12-14-28(15-13-27)18-24(32)26-11-10-20-6-2-1-3-7-20/h1-9,19,21,31H,10-18H2,(H,26,32). The first kappa shape index (κ1) is 23.8. The smallest absolute Gasteiger partial charge is 0.234 e. The lowest BCUT2D eigenvalue weighted by molar-refractivity contribution is -0.122. The Hall–Kier alpha value is -2.81. The Kier molecular flexibility index (Phi) is 9.15. The number of nitrogens with zero attached hydrogens (tertiary/aromatic N) is 3. The van der Waals surface area contributed by atoms with E-state index in [1.54, 1.807) is 12.1 Å². The molecule has 0 aromatic heterocycles. The minimum Gasteiger partial charge on any atom is -0.390 e. The van der Waals surface area contributed by atoms with Crippen LogP contribution in [0.5, 0.6) is 0 Å². The molecular weight excluding hydrogens is 411 g/mol. The summed E-state index contributed by atoms with van der Waals surface area (Å²) in [5, 5.41) is 13.4. The number of para-hydroxylation sites is 1. The number of rotatable bonds is 11. The van der Waals surface area contributed by atoms with Crippen LogP contribution in [0.1, 0.15) is 5.56 Å². The number of anilines is 1. The molecule has 1 fully saturated rings. The van der Waals surface area contributed by atoms with Crippen LogP contribution >= 0.6 is 0 Å². The van der Waals surface area contributed by atoms with Gasteiger partial charge in [-0.15, -0.1) is 0 Å². The third-order valence-corrected chi connectivity index (χ3v) is 5.58. The Morgan fingerprint density at radius 2 is 1.72 bits per heavy atom. The highest BCUT2D eigenvalue weighted by molar-refractivity contribution is 5.78. The van der Waals surface area contributed by atoms with Crippen molar-refractivity contribution >= 4 is 18.0 Å². The quantitative estimate of drug-likeness (QED) is 0.511. The Morgan fingerprint density at radius 1 is 1.06 bits per heavy atom. The molecule has 1 aliphatic rings. The maximum Gasteiger partial charge on any atom is 0.234 e. The number of benzene rings is 2. The molecule has 0 spiro atoms. The fourth-order valence-electron chi connectivity index (χ4n) is 3.85. The fourth-order valence-corrected chi connectivity index (χ4v) is 3.85. The van der Waals surface area contributed by atoms with Crippen LogP contribution in [0, 0.1) is 5.82 Å². The third kappa shape index (κ3) is 7.40. The molecule has 1 unspecified atom stereocenters. The summed E-state index contributed by atoms with van der Waals surface area (Å²) >= 11 is 0. The average molecular weight is 443 g/mol. The highest BCUT2D eigenvalue weighted by Gasteiger charge is 2.22. The topological polar surface area (TPSA) is 76.1 Å². The second-order valence-electron chi connectivity index (χ2n) is 8.03. The van der Waals surface area contributed by atoms with E-state index in [4.69, 9.17) is 0 Å². The van der Waals surface area contributed by atoms with Crippen LogP contribution in [-0.4, -0.2) is 85.7 Å². The van der Waals surface area contributed by atoms with Crippen LogP contribution in [0.3, 0.4) is 0 Å². The lowest BCUT2D eigenvalue weighted by Crippen LogP contribution is -2.52. The van der Waals surface area contributed by atoms with E-state index in [2.05, 4.69) is 15.1 Å². The summed E-state index contributed by atoms with van der Waals surface area (Å²) in [6.45, 7) is 4.27. The van der Waals surface area contributed by atoms with Crippen LogP contribution in [0.15, 0.2) is 54.6 Å². The van der Waals surface area contributed by atoms with E-state index in [0.29, 0.717) is 26.0 Å². The predicted molar refractivity (Wildman–Crippen MR) is 122 cm³/mol. The summed E-state index contributed by atoms with van der Waals surface area (Å²) in [5.74, 6) is -0.483. The van der Waals surface area contributed by atoms with Gasteiger partial charge in [0.1, 0.15) is 5.82 Å². The van der Waals surface area contributed by atoms with Crippen molar-refractivity contribution in [2.45, 2.75) is 12.5 Å². The normalized spacial score (nSPS) is 15.8. The molecule has 8 heteroatoms. The van der Waals surface area contributed by atoms with Crippen molar-refractivity contribution in [2.24, 2.45) is 0 Å². The summed E-state index contributed by atoms with van der Waals surface area (Å²) in [7, 11) is 0. The number of hydrogen-bond acceptors (Lipinski definition) is 5. The average Bonchev–Trinajstić information content (AvgIpc) is 2.80. The fraction of sp³-hybridized carbons (Fsp3) is 0.417. The summed E-state index contributed by atoms with van der Waals surface area (Å²) in [6, 6.07) is 16.1. The van der Waals surface area contributed by atoms with E-state index in [0.717, 1.165) is 32.6 Å². The van der Waals surface area contributed by atoms with Gasteiger partial charge in [-0.05, 0) is 24.1 Å². The van der Waals surface area contributed by atoms with Crippen LogP contribution in [0.2, 0.25) is 0 Å². The van der Waals surface area contributed by atoms with Crippen molar-refractivity contribution < 1.29 is 19.1 Å². The Morgan fingerprint density at radius 3 is 2.41 bits per heavy atom. The molecule has 2 N–H and O–H groups in total.